The van der Waals surface area contributed by atoms with Crippen LogP contribution in [0.15, 0.2) is 115 Å². The van der Waals surface area contributed by atoms with Gasteiger partial charge in [0, 0.05) is 5.29 Å². The second-order valence-corrected chi connectivity index (χ2v) is 10.0. The van der Waals surface area contributed by atoms with Crippen molar-refractivity contribution in [3.8, 4) is 0 Å². The summed E-state index contributed by atoms with van der Waals surface area (Å²) in [6, 6.07) is 31.5. The molecule has 0 saturated carbocycles. The molecule has 0 radical (unpaired) electrons. The van der Waals surface area contributed by atoms with Crippen LogP contribution in [0.3, 0.4) is 0 Å². The third-order valence-corrected chi connectivity index (χ3v) is 9.20. The maximum Gasteiger partial charge on any atom is 0.186 e. The number of carbonyl (C=O) groups is 1. The lowest BCUT2D eigenvalue weighted by atomic mass is 10.1. The molecule has 1 aliphatic rings. The van der Waals surface area contributed by atoms with Gasteiger partial charge < -0.3 is 0 Å². The van der Waals surface area contributed by atoms with E-state index in [4.69, 9.17) is 0 Å². The van der Waals surface area contributed by atoms with Gasteiger partial charge in [-0.1, -0.05) is 103 Å². The quantitative estimate of drug-likeness (QED) is 0.374. The van der Waals surface area contributed by atoms with Crippen LogP contribution in [0.25, 0.3) is 0 Å². The molecule has 3 aromatic carbocycles. The summed E-state index contributed by atoms with van der Waals surface area (Å²) in [5.74, 6) is 0.102. The first-order chi connectivity index (χ1) is 13.2. The molecule has 28 heavy (non-hydrogen) atoms. The molecular formula is C25H22IOP. The molecule has 1 aliphatic carbocycles. The maximum absolute atomic E-state index is 13.2. The molecule has 0 atom stereocenters. The van der Waals surface area contributed by atoms with Gasteiger partial charge in [0.1, 0.15) is 0 Å². The van der Waals surface area contributed by atoms with Crippen molar-refractivity contribution >= 4 is 57.9 Å². The SMILES string of the molecule is CC1=CC(=P(c2ccccc2)(c2ccccc2)c2ccccc2)C(=O)C=C1.I. The van der Waals surface area contributed by atoms with E-state index < -0.39 is 6.89 Å². The fraction of sp³-hybridized carbons (Fsp3) is 0.0400. The topological polar surface area (TPSA) is 17.1 Å². The Labute approximate surface area is 183 Å². The van der Waals surface area contributed by atoms with Crippen molar-refractivity contribution in [2.24, 2.45) is 0 Å². The molecule has 0 aromatic heterocycles. The first kappa shape index (κ1) is 20.6. The average Bonchev–Trinajstić information content (AvgIpc) is 2.73. The van der Waals surface area contributed by atoms with Gasteiger partial charge in [-0.25, -0.2) is 0 Å². The lowest BCUT2D eigenvalue weighted by molar-refractivity contribution is -0.108. The molecule has 0 bridgehead atoms. The largest absolute Gasteiger partial charge is 0.289 e. The van der Waals surface area contributed by atoms with Gasteiger partial charge in [-0.15, -0.1) is 24.0 Å². The number of carbonyl (C=O) groups excluding carboxylic acids is 1. The minimum absolute atomic E-state index is 0. The number of allylic oxidation sites excluding steroid dienone is 4. The fourth-order valence-electron chi connectivity index (χ4n) is 3.71. The summed E-state index contributed by atoms with van der Waals surface area (Å²) >= 11 is 0. The van der Waals surface area contributed by atoms with Crippen LogP contribution in [0.2, 0.25) is 0 Å². The highest BCUT2D eigenvalue weighted by Gasteiger charge is 2.31. The first-order valence-electron chi connectivity index (χ1n) is 9.07. The molecular weight excluding hydrogens is 474 g/mol. The Bertz CT molecular complexity index is 978. The summed E-state index contributed by atoms with van der Waals surface area (Å²) in [6.45, 7) is -0.229. The van der Waals surface area contributed by atoms with E-state index in [1.807, 2.05) is 24.3 Å². The highest BCUT2D eigenvalue weighted by atomic mass is 127. The molecule has 0 amide bonds. The van der Waals surface area contributed by atoms with Crippen molar-refractivity contribution in [1.29, 1.82) is 0 Å². The summed E-state index contributed by atoms with van der Waals surface area (Å²) in [6.07, 6.45) is 5.71. The molecule has 0 aliphatic heterocycles. The Morgan fingerprint density at radius 3 is 1.39 bits per heavy atom. The number of rotatable bonds is 3. The van der Waals surface area contributed by atoms with Gasteiger partial charge in [0.15, 0.2) is 5.78 Å². The smallest absolute Gasteiger partial charge is 0.186 e. The van der Waals surface area contributed by atoms with E-state index in [2.05, 4.69) is 85.8 Å². The standard InChI is InChI=1S/C25H21OP.HI/c1-20-17-18-24(26)25(19-20)27(21-11-5-2-6-12-21,22-13-7-3-8-14-22)23-15-9-4-10-16-23;/h2-19H,1H3;1H. The highest BCUT2D eigenvalue weighted by Crippen LogP contribution is 2.47. The summed E-state index contributed by atoms with van der Waals surface area (Å²) in [7, 11) is 0. The molecule has 0 unspecified atom stereocenters. The van der Waals surface area contributed by atoms with Crippen molar-refractivity contribution in [1.82, 2.24) is 0 Å². The number of halogens is 1. The lowest BCUT2D eigenvalue weighted by Crippen LogP contribution is -2.33. The van der Waals surface area contributed by atoms with E-state index in [0.29, 0.717) is 0 Å². The van der Waals surface area contributed by atoms with Crippen LogP contribution in [0.4, 0.5) is 0 Å². The van der Waals surface area contributed by atoms with E-state index in [0.717, 1.165) is 10.9 Å². The minimum Gasteiger partial charge on any atom is -0.289 e. The molecule has 1 nitrogen and oxygen atoms in total. The molecule has 3 heteroatoms. The molecule has 0 heterocycles. The second kappa shape index (κ2) is 8.89. The second-order valence-electron chi connectivity index (χ2n) is 6.65. The van der Waals surface area contributed by atoms with E-state index >= 15 is 0 Å². The summed E-state index contributed by atoms with van der Waals surface area (Å²) in [5.41, 5.74) is 1.11. The van der Waals surface area contributed by atoms with Crippen molar-refractivity contribution < 1.29 is 4.79 Å². The van der Waals surface area contributed by atoms with Crippen LogP contribution in [0, 0.1) is 0 Å². The van der Waals surface area contributed by atoms with Crippen LogP contribution in [-0.2, 0) is 4.79 Å². The Morgan fingerprint density at radius 1 is 0.607 bits per heavy atom. The molecule has 0 fully saturated rings. The Balaban J connectivity index is 0.00000225. The maximum atomic E-state index is 13.2. The Kier molecular flexibility index (Phi) is 6.53. The number of hydrogen-bond acceptors (Lipinski definition) is 1. The van der Waals surface area contributed by atoms with Crippen LogP contribution in [0.5, 0.6) is 0 Å². The van der Waals surface area contributed by atoms with Gasteiger partial charge in [0.05, 0.1) is 0 Å². The zero-order valence-electron chi connectivity index (χ0n) is 15.7. The molecule has 0 saturated heterocycles. The van der Waals surface area contributed by atoms with Crippen LogP contribution < -0.4 is 15.9 Å². The number of hydrogen-bond donors (Lipinski definition) is 0. The monoisotopic (exact) mass is 496 g/mol. The zero-order valence-corrected chi connectivity index (χ0v) is 18.9. The van der Waals surface area contributed by atoms with Crippen molar-refractivity contribution in [2.75, 3.05) is 0 Å². The first-order valence-corrected chi connectivity index (χ1v) is 10.9. The average molecular weight is 496 g/mol. The van der Waals surface area contributed by atoms with Gasteiger partial charge in [-0.3, -0.25) is 4.79 Å². The zero-order chi connectivity index (χ0) is 18.7. The summed E-state index contributed by atoms with van der Waals surface area (Å²) in [4.78, 5) is 13.2. The van der Waals surface area contributed by atoms with Crippen molar-refractivity contribution in [3.63, 3.8) is 0 Å². The van der Waals surface area contributed by atoms with Gasteiger partial charge >= 0.3 is 0 Å². The molecule has 0 N–H and O–H groups in total. The number of ketones is 1. The van der Waals surface area contributed by atoms with Crippen LogP contribution in [0.1, 0.15) is 6.92 Å². The van der Waals surface area contributed by atoms with Crippen molar-refractivity contribution in [2.45, 2.75) is 6.92 Å². The molecule has 3 aromatic rings. The molecule has 4 rings (SSSR count). The third-order valence-electron chi connectivity index (χ3n) is 4.91. The number of benzene rings is 3. The Hall–Kier alpha value is -2.16. The van der Waals surface area contributed by atoms with E-state index in [9.17, 15) is 4.79 Å². The lowest BCUT2D eigenvalue weighted by Gasteiger charge is -2.32. The van der Waals surface area contributed by atoms with E-state index in [-0.39, 0.29) is 29.8 Å². The minimum atomic E-state index is -2.28. The van der Waals surface area contributed by atoms with E-state index in [1.54, 1.807) is 6.08 Å². The highest BCUT2D eigenvalue weighted by molar-refractivity contribution is 14.0. The van der Waals surface area contributed by atoms with Gasteiger partial charge in [0.2, 0.25) is 0 Å². The molecule has 140 valence electrons. The summed E-state index contributed by atoms with van der Waals surface area (Å²) < 4.78 is 0. The normalized spacial score (nSPS) is 13.7. The Morgan fingerprint density at radius 2 is 1.00 bits per heavy atom. The van der Waals surface area contributed by atoms with Gasteiger partial charge in [-0.05, 0) is 41.9 Å². The summed E-state index contributed by atoms with van der Waals surface area (Å²) in [5, 5.41) is 4.49. The van der Waals surface area contributed by atoms with Crippen LogP contribution in [-0.4, -0.2) is 11.1 Å². The van der Waals surface area contributed by atoms with Crippen molar-refractivity contribution in [3.05, 3.63) is 115 Å². The predicted molar refractivity (Wildman–Crippen MR) is 133 cm³/mol. The van der Waals surface area contributed by atoms with Gasteiger partial charge in [-0.2, -0.15) is 0 Å². The predicted octanol–water partition coefficient (Wildman–Crippen LogP) is 4.86. The van der Waals surface area contributed by atoms with Crippen LogP contribution >= 0.6 is 30.9 Å². The molecule has 0 spiro atoms. The fourth-order valence-corrected chi connectivity index (χ4v) is 8.10. The third kappa shape index (κ3) is 3.59. The van der Waals surface area contributed by atoms with Gasteiger partial charge in [0.25, 0.3) is 0 Å². The van der Waals surface area contributed by atoms with E-state index in [1.165, 1.54) is 15.9 Å².